The first-order chi connectivity index (χ1) is 8.16. The number of aliphatic carboxylic acids is 1. The Morgan fingerprint density at radius 3 is 3.18 bits per heavy atom. The molecule has 0 fully saturated rings. The van der Waals surface area contributed by atoms with E-state index in [0.29, 0.717) is 6.54 Å². The van der Waals surface area contributed by atoms with Crippen LogP contribution in [0.5, 0.6) is 0 Å². The number of nitrogens with zero attached hydrogens (tertiary/aromatic N) is 1. The van der Waals surface area contributed by atoms with Crippen LogP contribution in [0.4, 0.5) is 5.82 Å². The molecular formula is C12H14N2O2S. The van der Waals surface area contributed by atoms with Crippen LogP contribution in [0.2, 0.25) is 0 Å². The van der Waals surface area contributed by atoms with E-state index < -0.39 is 5.97 Å². The summed E-state index contributed by atoms with van der Waals surface area (Å²) in [5, 5.41) is 15.0. The lowest BCUT2D eigenvalue weighted by molar-refractivity contribution is -0.137. The molecule has 0 aromatic carbocycles. The zero-order valence-corrected chi connectivity index (χ0v) is 10.3. The number of carboxylic acid groups (broad SMARTS) is 1. The number of rotatable bonds is 5. The molecule has 90 valence electrons. The average Bonchev–Trinajstić information content (AvgIpc) is 2.73. The number of aromatic nitrogens is 1. The molecule has 0 aliphatic carbocycles. The van der Waals surface area contributed by atoms with Crippen LogP contribution in [0.15, 0.2) is 23.7 Å². The minimum atomic E-state index is -0.763. The van der Waals surface area contributed by atoms with Gasteiger partial charge in [-0.3, -0.25) is 4.79 Å². The van der Waals surface area contributed by atoms with Crippen molar-refractivity contribution in [3.8, 4) is 0 Å². The summed E-state index contributed by atoms with van der Waals surface area (Å²) >= 11 is 1.67. The molecule has 0 amide bonds. The molecule has 2 rings (SSSR count). The monoisotopic (exact) mass is 250 g/mol. The minimum absolute atomic E-state index is 0.0863. The number of carbonyl (C=O) groups is 1. The highest BCUT2D eigenvalue weighted by Crippen LogP contribution is 2.25. The van der Waals surface area contributed by atoms with E-state index in [1.165, 1.54) is 4.70 Å². The van der Waals surface area contributed by atoms with Gasteiger partial charge in [0.1, 0.15) is 5.82 Å². The van der Waals surface area contributed by atoms with Crippen molar-refractivity contribution in [2.45, 2.75) is 13.3 Å². The third-order valence-corrected chi connectivity index (χ3v) is 3.40. The topological polar surface area (TPSA) is 62.2 Å². The first-order valence-corrected chi connectivity index (χ1v) is 6.32. The van der Waals surface area contributed by atoms with Crippen LogP contribution in [0.3, 0.4) is 0 Å². The van der Waals surface area contributed by atoms with Gasteiger partial charge in [0, 0.05) is 29.2 Å². The van der Waals surface area contributed by atoms with Crippen LogP contribution in [0.25, 0.3) is 10.1 Å². The van der Waals surface area contributed by atoms with E-state index in [9.17, 15) is 4.79 Å². The molecule has 5 heteroatoms. The highest BCUT2D eigenvalue weighted by molar-refractivity contribution is 7.17. The first-order valence-electron chi connectivity index (χ1n) is 5.44. The van der Waals surface area contributed by atoms with Gasteiger partial charge >= 0.3 is 5.97 Å². The summed E-state index contributed by atoms with van der Waals surface area (Å²) in [6.45, 7) is 2.53. The van der Waals surface area contributed by atoms with Crippen LogP contribution in [-0.4, -0.2) is 22.6 Å². The van der Waals surface area contributed by atoms with E-state index in [1.54, 1.807) is 17.5 Å². The Balaban J connectivity index is 2.03. The number of carboxylic acids is 1. The molecule has 4 nitrogen and oxygen atoms in total. The number of nitrogens with one attached hydrogen (secondary N) is 1. The van der Waals surface area contributed by atoms with Crippen LogP contribution < -0.4 is 5.32 Å². The van der Waals surface area contributed by atoms with Crippen molar-refractivity contribution < 1.29 is 9.90 Å². The smallest absolute Gasteiger partial charge is 0.303 e. The number of thiophene rings is 1. The predicted molar refractivity (Wildman–Crippen MR) is 69.5 cm³/mol. The van der Waals surface area contributed by atoms with Gasteiger partial charge in [0.15, 0.2) is 0 Å². The molecule has 2 N–H and O–H groups in total. The van der Waals surface area contributed by atoms with Crippen LogP contribution in [-0.2, 0) is 4.79 Å². The van der Waals surface area contributed by atoms with Crippen molar-refractivity contribution in [3.05, 3.63) is 23.7 Å². The lowest BCUT2D eigenvalue weighted by Crippen LogP contribution is -2.15. The molecule has 0 radical (unpaired) electrons. The van der Waals surface area contributed by atoms with E-state index >= 15 is 0 Å². The van der Waals surface area contributed by atoms with Crippen LogP contribution in [0, 0.1) is 5.92 Å². The zero-order chi connectivity index (χ0) is 12.3. The largest absolute Gasteiger partial charge is 0.481 e. The summed E-state index contributed by atoms with van der Waals surface area (Å²) in [5.41, 5.74) is 0. The van der Waals surface area contributed by atoms with Gasteiger partial charge in [-0.1, -0.05) is 6.92 Å². The second kappa shape index (κ2) is 5.14. The van der Waals surface area contributed by atoms with Crippen molar-refractivity contribution in [2.75, 3.05) is 11.9 Å². The lowest BCUT2D eigenvalue weighted by Gasteiger charge is -2.11. The number of hydrogen-bond donors (Lipinski definition) is 2. The van der Waals surface area contributed by atoms with Gasteiger partial charge in [0.05, 0.1) is 0 Å². The normalized spacial score (nSPS) is 12.5. The second-order valence-electron chi connectivity index (χ2n) is 4.08. The van der Waals surface area contributed by atoms with Crippen molar-refractivity contribution in [2.24, 2.45) is 5.92 Å². The SMILES string of the molecule is CC(CNc1nccc2sccc12)CC(=O)O. The molecule has 0 saturated carbocycles. The van der Waals surface area contributed by atoms with E-state index in [-0.39, 0.29) is 12.3 Å². The number of fused-ring (bicyclic) bond motifs is 1. The summed E-state index contributed by atoms with van der Waals surface area (Å²) in [6, 6.07) is 4.00. The fourth-order valence-corrected chi connectivity index (χ4v) is 2.46. The summed E-state index contributed by atoms with van der Waals surface area (Å²) < 4.78 is 1.19. The van der Waals surface area contributed by atoms with Gasteiger partial charge in [-0.15, -0.1) is 11.3 Å². The molecule has 2 heterocycles. The van der Waals surface area contributed by atoms with Gasteiger partial charge in [0.2, 0.25) is 0 Å². The molecule has 0 bridgehead atoms. The average molecular weight is 250 g/mol. The molecular weight excluding hydrogens is 236 g/mol. The van der Waals surface area contributed by atoms with Crippen molar-refractivity contribution in [1.82, 2.24) is 4.98 Å². The molecule has 17 heavy (non-hydrogen) atoms. The Morgan fingerprint density at radius 1 is 1.59 bits per heavy atom. The Labute approximate surface area is 103 Å². The Hall–Kier alpha value is -1.62. The third-order valence-electron chi connectivity index (χ3n) is 2.52. The molecule has 2 aromatic heterocycles. The molecule has 0 spiro atoms. The second-order valence-corrected chi connectivity index (χ2v) is 5.02. The minimum Gasteiger partial charge on any atom is -0.481 e. The van der Waals surface area contributed by atoms with E-state index in [0.717, 1.165) is 11.2 Å². The molecule has 1 unspecified atom stereocenters. The highest BCUT2D eigenvalue weighted by Gasteiger charge is 2.09. The van der Waals surface area contributed by atoms with Gasteiger partial charge in [-0.25, -0.2) is 4.98 Å². The van der Waals surface area contributed by atoms with E-state index in [4.69, 9.17) is 5.11 Å². The number of anilines is 1. The summed E-state index contributed by atoms with van der Waals surface area (Å²) in [4.78, 5) is 14.8. The summed E-state index contributed by atoms with van der Waals surface area (Å²) in [7, 11) is 0. The zero-order valence-electron chi connectivity index (χ0n) is 9.51. The van der Waals surface area contributed by atoms with Crippen molar-refractivity contribution >= 4 is 33.2 Å². The van der Waals surface area contributed by atoms with Gasteiger partial charge in [0.25, 0.3) is 0 Å². The van der Waals surface area contributed by atoms with Crippen molar-refractivity contribution in [1.29, 1.82) is 0 Å². The lowest BCUT2D eigenvalue weighted by atomic mass is 10.1. The van der Waals surface area contributed by atoms with Crippen LogP contribution in [0.1, 0.15) is 13.3 Å². The Morgan fingerprint density at radius 2 is 2.41 bits per heavy atom. The maximum Gasteiger partial charge on any atom is 0.303 e. The fraction of sp³-hybridized carbons (Fsp3) is 0.333. The maximum atomic E-state index is 10.6. The molecule has 1 atom stereocenters. The molecule has 0 saturated heterocycles. The summed E-state index contributed by atoms with van der Waals surface area (Å²) in [5.74, 6) is 0.158. The first kappa shape index (κ1) is 11.9. The summed E-state index contributed by atoms with van der Waals surface area (Å²) in [6.07, 6.45) is 1.94. The molecule has 0 aliphatic heterocycles. The fourth-order valence-electron chi connectivity index (χ4n) is 1.68. The predicted octanol–water partition coefficient (Wildman–Crippen LogP) is 2.82. The Bertz CT molecular complexity index is 524. The van der Waals surface area contributed by atoms with Crippen molar-refractivity contribution in [3.63, 3.8) is 0 Å². The van der Waals surface area contributed by atoms with E-state index in [2.05, 4.69) is 10.3 Å². The van der Waals surface area contributed by atoms with E-state index in [1.807, 2.05) is 24.4 Å². The Kier molecular flexibility index (Phi) is 3.58. The van der Waals surface area contributed by atoms with Gasteiger partial charge < -0.3 is 10.4 Å². The van der Waals surface area contributed by atoms with Gasteiger partial charge in [-0.05, 0) is 23.4 Å². The number of hydrogen-bond acceptors (Lipinski definition) is 4. The highest BCUT2D eigenvalue weighted by atomic mass is 32.1. The molecule has 2 aromatic rings. The van der Waals surface area contributed by atoms with Gasteiger partial charge in [-0.2, -0.15) is 0 Å². The number of pyridine rings is 1. The standard InChI is InChI=1S/C12H14N2O2S/c1-8(6-11(15)16)7-14-12-9-3-5-17-10(9)2-4-13-12/h2-5,8H,6-7H2,1H3,(H,13,14)(H,15,16). The third kappa shape index (κ3) is 2.94. The maximum absolute atomic E-state index is 10.6. The van der Waals surface area contributed by atoms with Crippen LogP contribution >= 0.6 is 11.3 Å². The quantitative estimate of drug-likeness (QED) is 0.856. The molecule has 0 aliphatic rings.